The fraction of sp³-hybridized carbons (Fsp3) is 0.444. The number of carbonyl (C=O) groups excluding carboxylic acids is 3. The molecule has 0 saturated heterocycles. The largest absolute Gasteiger partial charge is 0.340 e. The van der Waals surface area contributed by atoms with Crippen LogP contribution in [0.5, 0.6) is 0 Å². The molecule has 4 bridgehead atoms. The van der Waals surface area contributed by atoms with Gasteiger partial charge in [0.15, 0.2) is 0 Å². The number of rotatable bonds is 6. The molecule has 0 aromatic heterocycles. The highest BCUT2D eigenvalue weighted by Gasteiger charge is 2.54. The first-order valence-electron chi connectivity index (χ1n) is 12.1. The van der Waals surface area contributed by atoms with Gasteiger partial charge in [0.2, 0.25) is 5.91 Å². The van der Waals surface area contributed by atoms with E-state index in [9.17, 15) is 14.4 Å². The Hall–Kier alpha value is -2.86. The number of hydrogen-bond donors (Lipinski definition) is 3. The highest BCUT2D eigenvalue weighted by molar-refractivity contribution is 6.30. The second-order valence-corrected chi connectivity index (χ2v) is 10.8. The minimum atomic E-state index is -0.845. The van der Waals surface area contributed by atoms with E-state index in [0.717, 1.165) is 24.8 Å². The summed E-state index contributed by atoms with van der Waals surface area (Å²) in [4.78, 5) is 39.2. The number of carbonyl (C=O) groups is 3. The summed E-state index contributed by atoms with van der Waals surface area (Å²) in [6.45, 7) is 0. The Morgan fingerprint density at radius 2 is 1.44 bits per heavy atom. The van der Waals surface area contributed by atoms with Gasteiger partial charge in [0.05, 0.1) is 5.41 Å². The lowest BCUT2D eigenvalue weighted by Crippen LogP contribution is -2.59. The van der Waals surface area contributed by atoms with Crippen molar-refractivity contribution in [3.05, 3.63) is 70.7 Å². The van der Waals surface area contributed by atoms with Crippen LogP contribution in [0.25, 0.3) is 0 Å². The van der Waals surface area contributed by atoms with Crippen LogP contribution in [0, 0.1) is 23.2 Å². The Bertz CT molecular complexity index is 1040. The van der Waals surface area contributed by atoms with E-state index in [0.29, 0.717) is 34.8 Å². The third kappa shape index (κ3) is 4.83. The molecular formula is C27H30ClN3O3. The van der Waals surface area contributed by atoms with Crippen LogP contribution in [-0.2, 0) is 16.0 Å². The van der Waals surface area contributed by atoms with Gasteiger partial charge in [-0.05, 0) is 86.1 Å². The standard InChI is InChI=1S/C27H30ClN3O3/c28-22-8-6-21(7-9-22)24(32)29-23(13-17-4-2-1-3-5-17)25(33)30-31-26(34)27-14-18-10-19(15-27)12-20(11-18)16-27/h1-9,18-20,23H,10-16H2,(H,29,32)(H,30,33)(H,31,34)/t18?,19?,20?,23-,27?/m1/s1. The Kier molecular flexibility index (Phi) is 6.34. The van der Waals surface area contributed by atoms with E-state index in [1.165, 1.54) is 19.3 Å². The summed E-state index contributed by atoms with van der Waals surface area (Å²) in [5, 5.41) is 3.34. The Balaban J connectivity index is 1.26. The van der Waals surface area contributed by atoms with Gasteiger partial charge in [-0.3, -0.25) is 25.2 Å². The van der Waals surface area contributed by atoms with Gasteiger partial charge in [0, 0.05) is 17.0 Å². The third-order valence-corrected chi connectivity index (χ3v) is 8.08. The van der Waals surface area contributed by atoms with Crippen LogP contribution in [-0.4, -0.2) is 23.8 Å². The molecule has 4 aliphatic carbocycles. The summed E-state index contributed by atoms with van der Waals surface area (Å²) in [5.41, 5.74) is 6.30. The van der Waals surface area contributed by atoms with Gasteiger partial charge < -0.3 is 5.32 Å². The van der Waals surface area contributed by atoms with E-state index in [4.69, 9.17) is 11.6 Å². The van der Waals surface area contributed by atoms with Crippen LogP contribution < -0.4 is 16.2 Å². The van der Waals surface area contributed by atoms with E-state index in [2.05, 4.69) is 16.2 Å². The predicted molar refractivity (Wildman–Crippen MR) is 130 cm³/mol. The van der Waals surface area contributed by atoms with Crippen molar-refractivity contribution in [3.8, 4) is 0 Å². The van der Waals surface area contributed by atoms with Gasteiger partial charge in [-0.25, -0.2) is 0 Å². The van der Waals surface area contributed by atoms with Crippen LogP contribution in [0.2, 0.25) is 5.02 Å². The van der Waals surface area contributed by atoms with E-state index >= 15 is 0 Å². The van der Waals surface area contributed by atoms with Crippen molar-refractivity contribution in [2.24, 2.45) is 23.2 Å². The van der Waals surface area contributed by atoms with Crippen molar-refractivity contribution in [2.45, 2.75) is 51.0 Å². The Labute approximate surface area is 204 Å². The third-order valence-electron chi connectivity index (χ3n) is 7.83. The summed E-state index contributed by atoms with van der Waals surface area (Å²) in [5.74, 6) is 1.01. The van der Waals surface area contributed by atoms with Crippen LogP contribution >= 0.6 is 11.6 Å². The minimum Gasteiger partial charge on any atom is -0.340 e. The molecule has 6 rings (SSSR count). The molecule has 0 unspecified atom stereocenters. The average Bonchev–Trinajstić information content (AvgIpc) is 2.82. The summed E-state index contributed by atoms with van der Waals surface area (Å²) in [6, 6.07) is 15.1. The van der Waals surface area contributed by atoms with Crippen molar-refractivity contribution in [2.75, 3.05) is 0 Å². The molecule has 4 saturated carbocycles. The van der Waals surface area contributed by atoms with Crippen molar-refractivity contribution in [1.29, 1.82) is 0 Å². The zero-order valence-electron chi connectivity index (χ0n) is 19.1. The van der Waals surface area contributed by atoms with Crippen LogP contribution in [0.15, 0.2) is 54.6 Å². The zero-order valence-corrected chi connectivity index (χ0v) is 19.8. The maximum Gasteiger partial charge on any atom is 0.261 e. The van der Waals surface area contributed by atoms with Gasteiger partial charge in [0.1, 0.15) is 6.04 Å². The molecule has 7 heteroatoms. The second kappa shape index (κ2) is 9.41. The number of benzene rings is 2. The van der Waals surface area contributed by atoms with Gasteiger partial charge >= 0.3 is 0 Å². The highest BCUT2D eigenvalue weighted by atomic mass is 35.5. The lowest BCUT2D eigenvalue weighted by Gasteiger charge is -2.55. The lowest BCUT2D eigenvalue weighted by molar-refractivity contribution is -0.149. The number of hydrazine groups is 1. The first-order chi connectivity index (χ1) is 16.4. The minimum absolute atomic E-state index is 0.0811. The molecule has 3 N–H and O–H groups in total. The number of amides is 3. The number of halogens is 1. The van der Waals surface area contributed by atoms with Crippen LogP contribution in [0.1, 0.15) is 54.4 Å². The smallest absolute Gasteiger partial charge is 0.261 e. The van der Waals surface area contributed by atoms with E-state index in [-0.39, 0.29) is 17.2 Å². The molecule has 6 nitrogen and oxygen atoms in total. The molecule has 34 heavy (non-hydrogen) atoms. The van der Waals surface area contributed by atoms with E-state index in [1.54, 1.807) is 24.3 Å². The maximum absolute atomic E-state index is 13.2. The molecular weight excluding hydrogens is 450 g/mol. The molecule has 4 fully saturated rings. The molecule has 0 heterocycles. The van der Waals surface area contributed by atoms with E-state index in [1.807, 2.05) is 30.3 Å². The molecule has 0 spiro atoms. The van der Waals surface area contributed by atoms with Crippen molar-refractivity contribution < 1.29 is 14.4 Å². The number of nitrogens with one attached hydrogen (secondary N) is 3. The molecule has 4 aliphatic rings. The average molecular weight is 480 g/mol. The van der Waals surface area contributed by atoms with Crippen LogP contribution in [0.4, 0.5) is 0 Å². The summed E-state index contributed by atoms with van der Waals surface area (Å²) in [6.07, 6.45) is 6.79. The molecule has 178 valence electrons. The fourth-order valence-electron chi connectivity index (χ4n) is 6.63. The van der Waals surface area contributed by atoms with Crippen molar-refractivity contribution >= 4 is 29.3 Å². The first-order valence-corrected chi connectivity index (χ1v) is 12.5. The SMILES string of the molecule is O=C(N[C@H](Cc1ccccc1)C(=O)NNC(=O)C12CC3CC(CC(C3)C1)C2)c1ccc(Cl)cc1. The molecule has 2 aromatic carbocycles. The molecule has 0 aliphatic heterocycles. The summed E-state index contributed by atoms with van der Waals surface area (Å²) >= 11 is 5.93. The summed E-state index contributed by atoms with van der Waals surface area (Å²) < 4.78 is 0. The van der Waals surface area contributed by atoms with Gasteiger partial charge in [0.25, 0.3) is 11.8 Å². The molecule has 1 atom stereocenters. The van der Waals surface area contributed by atoms with Crippen molar-refractivity contribution in [1.82, 2.24) is 16.2 Å². The highest BCUT2D eigenvalue weighted by Crippen LogP contribution is 2.60. The lowest BCUT2D eigenvalue weighted by atomic mass is 9.49. The maximum atomic E-state index is 13.2. The van der Waals surface area contributed by atoms with Gasteiger partial charge in [-0.1, -0.05) is 41.9 Å². The normalized spacial score (nSPS) is 27.6. The monoisotopic (exact) mass is 479 g/mol. The van der Waals surface area contributed by atoms with Gasteiger partial charge in [-0.2, -0.15) is 0 Å². The summed E-state index contributed by atoms with van der Waals surface area (Å²) in [7, 11) is 0. The quantitative estimate of drug-likeness (QED) is 0.546. The Morgan fingerprint density at radius 1 is 0.853 bits per heavy atom. The predicted octanol–water partition coefficient (Wildman–Crippen LogP) is 4.04. The topological polar surface area (TPSA) is 87.3 Å². The first kappa shape index (κ1) is 22.9. The molecule has 3 amide bonds. The fourth-order valence-corrected chi connectivity index (χ4v) is 6.75. The Morgan fingerprint density at radius 3 is 2.03 bits per heavy atom. The van der Waals surface area contributed by atoms with Crippen molar-refractivity contribution in [3.63, 3.8) is 0 Å². The second-order valence-electron chi connectivity index (χ2n) is 10.4. The van der Waals surface area contributed by atoms with Gasteiger partial charge in [-0.15, -0.1) is 0 Å². The zero-order chi connectivity index (χ0) is 23.7. The molecule has 0 radical (unpaired) electrons. The molecule has 2 aromatic rings. The van der Waals surface area contributed by atoms with Crippen LogP contribution in [0.3, 0.4) is 0 Å². The van der Waals surface area contributed by atoms with E-state index < -0.39 is 11.9 Å². The number of hydrogen-bond acceptors (Lipinski definition) is 3.